The highest BCUT2D eigenvalue weighted by Gasteiger charge is 2.23. The number of amides is 2. The summed E-state index contributed by atoms with van der Waals surface area (Å²) in [6, 6.07) is 4.41. The molecule has 0 spiro atoms. The Bertz CT molecular complexity index is 889. The number of anilines is 1. The summed E-state index contributed by atoms with van der Waals surface area (Å²) in [7, 11) is 0. The van der Waals surface area contributed by atoms with Crippen molar-refractivity contribution in [1.82, 2.24) is 4.90 Å². The fraction of sp³-hybridized carbons (Fsp3) is 0.565. The van der Waals surface area contributed by atoms with Crippen LogP contribution in [0.5, 0.6) is 5.75 Å². The van der Waals surface area contributed by atoms with Gasteiger partial charge < -0.3 is 24.5 Å². The second kappa shape index (κ2) is 15.3. The van der Waals surface area contributed by atoms with Gasteiger partial charge in [-0.15, -0.1) is 10.1 Å². The van der Waals surface area contributed by atoms with Crippen LogP contribution in [-0.2, 0) is 24.0 Å². The van der Waals surface area contributed by atoms with Crippen molar-refractivity contribution in [2.75, 3.05) is 25.1 Å². The zero-order valence-electron chi connectivity index (χ0n) is 20.5. The van der Waals surface area contributed by atoms with Crippen molar-refractivity contribution < 1.29 is 38.6 Å². The van der Waals surface area contributed by atoms with E-state index in [4.69, 9.17) is 9.47 Å². The molecular formula is C23H33N3O9. The maximum atomic E-state index is 12.6. The fourth-order valence-corrected chi connectivity index (χ4v) is 3.18. The van der Waals surface area contributed by atoms with E-state index < -0.39 is 11.2 Å². The van der Waals surface area contributed by atoms with Crippen LogP contribution < -0.4 is 10.1 Å². The minimum atomic E-state index is -0.920. The average Bonchev–Trinajstić information content (AvgIpc) is 2.78. The second-order valence-corrected chi connectivity index (χ2v) is 8.03. The number of ether oxygens (including phenoxy) is 2. The number of hydrogen-bond donors (Lipinski definition) is 1. The van der Waals surface area contributed by atoms with E-state index in [9.17, 15) is 29.3 Å². The number of Topliss-reactive ketones (excluding diaryl/α,β-unsaturated/α-hetero) is 1. The summed E-state index contributed by atoms with van der Waals surface area (Å²) in [6.07, 6.45) is 0.374. The number of carbonyl (C=O) groups is 4. The predicted octanol–water partition coefficient (Wildman–Crippen LogP) is 2.77. The molecule has 2 amide bonds. The number of ketones is 1. The largest absolute Gasteiger partial charge is 0.489 e. The topological polar surface area (TPSA) is 154 Å². The van der Waals surface area contributed by atoms with Gasteiger partial charge in [0.05, 0.1) is 18.7 Å². The Morgan fingerprint density at radius 3 is 2.51 bits per heavy atom. The summed E-state index contributed by atoms with van der Waals surface area (Å²) < 4.78 is 10.9. The molecule has 12 heteroatoms. The van der Waals surface area contributed by atoms with Gasteiger partial charge in [-0.1, -0.05) is 6.92 Å². The van der Waals surface area contributed by atoms with Crippen molar-refractivity contribution in [3.05, 3.63) is 33.9 Å². The van der Waals surface area contributed by atoms with Crippen molar-refractivity contribution in [3.63, 3.8) is 0 Å². The number of carbonyl (C=O) groups excluding carboxylic acids is 4. The molecule has 194 valence electrons. The van der Waals surface area contributed by atoms with E-state index in [0.717, 1.165) is 0 Å². The van der Waals surface area contributed by atoms with Gasteiger partial charge in [-0.3, -0.25) is 19.2 Å². The van der Waals surface area contributed by atoms with E-state index in [2.05, 4.69) is 10.2 Å². The van der Waals surface area contributed by atoms with Crippen LogP contribution in [0.15, 0.2) is 18.2 Å². The summed E-state index contributed by atoms with van der Waals surface area (Å²) in [4.78, 5) is 63.6. The second-order valence-electron chi connectivity index (χ2n) is 8.03. The lowest BCUT2D eigenvalue weighted by molar-refractivity contribution is -0.757. The van der Waals surface area contributed by atoms with Crippen LogP contribution >= 0.6 is 0 Å². The first kappa shape index (κ1) is 29.3. The van der Waals surface area contributed by atoms with Gasteiger partial charge in [-0.2, -0.15) is 0 Å². The number of nitrogens with one attached hydrogen (secondary N) is 1. The third-order valence-electron chi connectivity index (χ3n) is 4.87. The Labute approximate surface area is 204 Å². The number of nitrogens with zero attached hydrogens (tertiary/aromatic N) is 2. The Balaban J connectivity index is 2.87. The first-order chi connectivity index (χ1) is 16.6. The normalized spacial score (nSPS) is 11.3. The van der Waals surface area contributed by atoms with Crippen LogP contribution in [0.25, 0.3) is 0 Å². The van der Waals surface area contributed by atoms with Crippen molar-refractivity contribution in [3.8, 4) is 5.75 Å². The first-order valence-electron chi connectivity index (χ1n) is 11.3. The summed E-state index contributed by atoms with van der Waals surface area (Å²) >= 11 is 0. The Kier molecular flexibility index (Phi) is 12.8. The zero-order chi connectivity index (χ0) is 26.4. The van der Waals surface area contributed by atoms with E-state index in [1.165, 1.54) is 24.0 Å². The Morgan fingerprint density at radius 1 is 1.23 bits per heavy atom. The first-order valence-corrected chi connectivity index (χ1v) is 11.3. The Hall–Kier alpha value is -3.70. The van der Waals surface area contributed by atoms with Crippen LogP contribution in [0.2, 0.25) is 0 Å². The SMILES string of the molecule is CCCC(=O)Nc1ccc(OCC(CN(C(=O)CCCO[N+](=O)[O-])C(C)C)OC=O)c(C(C)=O)c1. The molecule has 1 unspecified atom stereocenters. The van der Waals surface area contributed by atoms with E-state index in [1.807, 2.05) is 6.92 Å². The summed E-state index contributed by atoms with van der Waals surface area (Å²) in [5.41, 5.74) is 0.700. The van der Waals surface area contributed by atoms with Gasteiger partial charge in [0.15, 0.2) is 11.9 Å². The van der Waals surface area contributed by atoms with Gasteiger partial charge in [0, 0.05) is 24.6 Å². The summed E-state index contributed by atoms with van der Waals surface area (Å²) in [5.74, 6) is -0.498. The van der Waals surface area contributed by atoms with Crippen LogP contribution in [0.1, 0.15) is 63.7 Å². The minimum absolute atomic E-state index is 0.0143. The van der Waals surface area contributed by atoms with Crippen molar-refractivity contribution in [1.29, 1.82) is 0 Å². The maximum absolute atomic E-state index is 12.6. The number of hydrogen-bond acceptors (Lipinski definition) is 9. The standard InChI is InChI=1S/C23H33N3O9/c1-5-7-22(29)24-18-9-10-21(20(12-18)17(4)28)33-14-19(34-15-27)13-25(16(2)3)23(30)8-6-11-35-26(31)32/h9-10,12,15-16,19H,5-8,11,13-14H2,1-4H3,(H,24,29). The minimum Gasteiger partial charge on any atom is -0.489 e. The van der Waals surface area contributed by atoms with Crippen LogP contribution in [-0.4, -0.2) is 66.0 Å². The molecule has 0 heterocycles. The third kappa shape index (κ3) is 10.8. The quantitative estimate of drug-likeness (QED) is 0.113. The molecule has 0 aliphatic carbocycles. The lowest BCUT2D eigenvalue weighted by atomic mass is 10.1. The zero-order valence-corrected chi connectivity index (χ0v) is 20.5. The molecule has 1 aromatic rings. The average molecular weight is 496 g/mol. The molecule has 1 atom stereocenters. The molecule has 0 fully saturated rings. The lowest BCUT2D eigenvalue weighted by Crippen LogP contribution is -2.44. The highest BCUT2D eigenvalue weighted by molar-refractivity contribution is 5.99. The van der Waals surface area contributed by atoms with E-state index in [0.29, 0.717) is 18.5 Å². The molecule has 1 aromatic carbocycles. The van der Waals surface area contributed by atoms with Gasteiger partial charge in [0.1, 0.15) is 12.4 Å². The highest BCUT2D eigenvalue weighted by atomic mass is 16.9. The van der Waals surface area contributed by atoms with Crippen LogP contribution in [0.4, 0.5) is 5.69 Å². The molecule has 1 rings (SSSR count). The van der Waals surface area contributed by atoms with Crippen LogP contribution in [0, 0.1) is 10.1 Å². The van der Waals surface area contributed by atoms with E-state index in [1.54, 1.807) is 19.9 Å². The molecule has 0 saturated carbocycles. The van der Waals surface area contributed by atoms with Gasteiger partial charge in [-0.05, 0) is 51.8 Å². The van der Waals surface area contributed by atoms with Crippen molar-refractivity contribution in [2.24, 2.45) is 0 Å². The van der Waals surface area contributed by atoms with Crippen LogP contribution in [0.3, 0.4) is 0 Å². The number of rotatable bonds is 17. The molecule has 0 saturated heterocycles. The van der Waals surface area contributed by atoms with Gasteiger partial charge >= 0.3 is 0 Å². The summed E-state index contributed by atoms with van der Waals surface area (Å²) in [6.45, 7) is 6.74. The molecule has 0 aliphatic heterocycles. The van der Waals surface area contributed by atoms with Crippen molar-refractivity contribution >= 4 is 29.8 Å². The maximum Gasteiger partial charge on any atom is 0.294 e. The molecule has 12 nitrogen and oxygen atoms in total. The monoisotopic (exact) mass is 495 g/mol. The van der Waals surface area contributed by atoms with E-state index >= 15 is 0 Å². The molecule has 0 bridgehead atoms. The highest BCUT2D eigenvalue weighted by Crippen LogP contribution is 2.24. The lowest BCUT2D eigenvalue weighted by Gasteiger charge is -2.30. The van der Waals surface area contributed by atoms with E-state index in [-0.39, 0.29) is 74.0 Å². The molecular weight excluding hydrogens is 462 g/mol. The van der Waals surface area contributed by atoms with Gasteiger partial charge in [0.2, 0.25) is 11.8 Å². The molecule has 1 N–H and O–H groups in total. The Morgan fingerprint density at radius 2 is 1.94 bits per heavy atom. The molecule has 0 aliphatic rings. The molecule has 35 heavy (non-hydrogen) atoms. The fourth-order valence-electron chi connectivity index (χ4n) is 3.18. The molecule has 0 radical (unpaired) electrons. The molecule has 0 aromatic heterocycles. The smallest absolute Gasteiger partial charge is 0.294 e. The van der Waals surface area contributed by atoms with Crippen molar-refractivity contribution in [2.45, 2.75) is 65.5 Å². The van der Waals surface area contributed by atoms with Gasteiger partial charge in [-0.25, -0.2) is 0 Å². The third-order valence-corrected chi connectivity index (χ3v) is 4.87. The summed E-state index contributed by atoms with van der Waals surface area (Å²) in [5, 5.41) is 12.0. The predicted molar refractivity (Wildman–Crippen MR) is 125 cm³/mol. The number of benzene rings is 1. The van der Waals surface area contributed by atoms with Gasteiger partial charge in [0.25, 0.3) is 11.6 Å².